The first-order chi connectivity index (χ1) is 13.2. The number of rotatable bonds is 4. The Hall–Kier alpha value is -2.12. The van der Waals surface area contributed by atoms with Gasteiger partial charge in [-0.1, -0.05) is 23.9 Å². The predicted octanol–water partition coefficient (Wildman–Crippen LogP) is 4.53. The van der Waals surface area contributed by atoms with Crippen molar-refractivity contribution in [3.05, 3.63) is 50.9 Å². The molecule has 0 unspecified atom stereocenters. The van der Waals surface area contributed by atoms with Gasteiger partial charge in [-0.05, 0) is 50.3 Å². The average Bonchev–Trinajstić information content (AvgIpc) is 3.23. The minimum Gasteiger partial charge on any atom is -0.319 e. The smallest absolute Gasteiger partial charge is 0.259 e. The maximum atomic E-state index is 12.7. The van der Waals surface area contributed by atoms with Gasteiger partial charge in [-0.2, -0.15) is 0 Å². The minimum absolute atomic E-state index is 0.0130. The normalized spacial score (nSPS) is 14.1. The lowest BCUT2D eigenvalue weighted by molar-refractivity contribution is 0.700. The molecule has 5 rings (SSSR count). The van der Waals surface area contributed by atoms with E-state index in [1.165, 1.54) is 23.3 Å². The highest BCUT2D eigenvalue weighted by atomic mass is 32.2. The van der Waals surface area contributed by atoms with E-state index in [9.17, 15) is 4.79 Å². The maximum Gasteiger partial charge on any atom is 0.259 e. The Morgan fingerprint density at radius 2 is 2.07 bits per heavy atom. The van der Waals surface area contributed by atoms with Crippen molar-refractivity contribution in [3.8, 4) is 0 Å². The highest BCUT2D eigenvalue weighted by Gasteiger charge is 2.20. The number of hydrogen-bond donors (Lipinski definition) is 1. The maximum absolute atomic E-state index is 12.7. The summed E-state index contributed by atoms with van der Waals surface area (Å²) in [6.45, 7) is 2.99. The van der Waals surface area contributed by atoms with Crippen LogP contribution in [0.1, 0.15) is 36.0 Å². The number of imidazole rings is 1. The zero-order chi connectivity index (χ0) is 18.4. The second kappa shape index (κ2) is 6.80. The molecule has 0 radical (unpaired) electrons. The number of aryl methyl sites for hydroxylation is 3. The van der Waals surface area contributed by atoms with E-state index < -0.39 is 0 Å². The molecule has 7 heteroatoms. The highest BCUT2D eigenvalue weighted by Crippen LogP contribution is 2.34. The molecule has 0 aliphatic heterocycles. The second-order valence-electron chi connectivity index (χ2n) is 6.82. The summed E-state index contributed by atoms with van der Waals surface area (Å²) in [5.41, 5.74) is 3.40. The predicted molar refractivity (Wildman–Crippen MR) is 112 cm³/mol. The number of nitrogens with zero attached hydrogens (tertiary/aromatic N) is 3. The quantitative estimate of drug-likeness (QED) is 0.515. The molecule has 0 spiro atoms. The zero-order valence-electron chi connectivity index (χ0n) is 15.1. The summed E-state index contributed by atoms with van der Waals surface area (Å²) in [6.07, 6.45) is 4.48. The Morgan fingerprint density at radius 1 is 1.22 bits per heavy atom. The van der Waals surface area contributed by atoms with Crippen molar-refractivity contribution in [2.24, 2.45) is 0 Å². The van der Waals surface area contributed by atoms with Crippen molar-refractivity contribution in [2.45, 2.75) is 50.1 Å². The molecule has 1 aliphatic rings. The van der Waals surface area contributed by atoms with Crippen LogP contribution in [-0.2, 0) is 25.1 Å². The second-order valence-corrected chi connectivity index (χ2v) is 8.85. The molecule has 0 fully saturated rings. The van der Waals surface area contributed by atoms with Gasteiger partial charge < -0.3 is 9.55 Å². The first kappa shape index (κ1) is 17.0. The summed E-state index contributed by atoms with van der Waals surface area (Å²) in [7, 11) is 0. The van der Waals surface area contributed by atoms with Gasteiger partial charge in [0.15, 0.2) is 5.16 Å². The third-order valence-corrected chi connectivity index (χ3v) is 7.32. The van der Waals surface area contributed by atoms with E-state index in [2.05, 4.69) is 22.5 Å². The molecule has 1 aromatic carbocycles. The average molecular weight is 397 g/mol. The molecule has 0 amide bonds. The molecule has 0 saturated carbocycles. The first-order valence-corrected chi connectivity index (χ1v) is 11.2. The Bertz CT molecular complexity index is 1200. The topological polar surface area (TPSA) is 63.6 Å². The number of thioether (sulfide) groups is 1. The largest absolute Gasteiger partial charge is 0.319 e. The van der Waals surface area contributed by atoms with Gasteiger partial charge in [0.25, 0.3) is 5.56 Å². The molecular formula is C20H20N4OS2. The Kier molecular flexibility index (Phi) is 4.28. The van der Waals surface area contributed by atoms with Crippen molar-refractivity contribution in [2.75, 3.05) is 0 Å². The summed E-state index contributed by atoms with van der Waals surface area (Å²) in [4.78, 5) is 27.5. The number of thiophene rings is 1. The van der Waals surface area contributed by atoms with Crippen LogP contribution in [0.5, 0.6) is 0 Å². The summed E-state index contributed by atoms with van der Waals surface area (Å²) >= 11 is 3.33. The number of nitrogens with one attached hydrogen (secondary N) is 1. The summed E-state index contributed by atoms with van der Waals surface area (Å²) < 4.78 is 2.21. The fourth-order valence-corrected chi connectivity index (χ4v) is 6.11. The van der Waals surface area contributed by atoms with Crippen molar-refractivity contribution in [1.29, 1.82) is 0 Å². The molecule has 138 valence electrons. The fourth-order valence-electron chi connectivity index (χ4n) is 3.88. The molecule has 5 nitrogen and oxygen atoms in total. The Morgan fingerprint density at radius 3 is 2.96 bits per heavy atom. The molecule has 3 heterocycles. The van der Waals surface area contributed by atoms with Crippen LogP contribution in [0.4, 0.5) is 0 Å². The van der Waals surface area contributed by atoms with Crippen LogP contribution < -0.4 is 5.56 Å². The van der Waals surface area contributed by atoms with E-state index in [4.69, 9.17) is 9.97 Å². The van der Waals surface area contributed by atoms with E-state index in [-0.39, 0.29) is 5.56 Å². The Balaban J connectivity index is 1.48. The number of H-pyrrole nitrogens is 1. The van der Waals surface area contributed by atoms with Crippen molar-refractivity contribution < 1.29 is 0 Å². The van der Waals surface area contributed by atoms with Gasteiger partial charge in [0.1, 0.15) is 10.7 Å². The number of aromatic nitrogens is 4. The van der Waals surface area contributed by atoms with Crippen LogP contribution in [0.25, 0.3) is 21.3 Å². The third kappa shape index (κ3) is 2.89. The van der Waals surface area contributed by atoms with Crippen LogP contribution in [0.15, 0.2) is 34.2 Å². The van der Waals surface area contributed by atoms with Crippen LogP contribution in [-0.4, -0.2) is 19.5 Å². The van der Waals surface area contributed by atoms with Gasteiger partial charge in [0.05, 0.1) is 22.2 Å². The SMILES string of the molecule is CCn1c(SCc2nc3sc4c(c3c(=O)[nH]2)CCCC4)nc2ccccc21. The van der Waals surface area contributed by atoms with Gasteiger partial charge in [-0.15, -0.1) is 11.3 Å². The van der Waals surface area contributed by atoms with Crippen LogP contribution >= 0.6 is 23.1 Å². The lowest BCUT2D eigenvalue weighted by atomic mass is 9.97. The fraction of sp³-hybridized carbons (Fsp3) is 0.350. The Labute approximate surface area is 164 Å². The number of fused-ring (bicyclic) bond motifs is 4. The van der Waals surface area contributed by atoms with Gasteiger partial charge in [-0.3, -0.25) is 4.79 Å². The first-order valence-electron chi connectivity index (χ1n) is 9.36. The number of hydrogen-bond acceptors (Lipinski definition) is 5. The van der Waals surface area contributed by atoms with E-state index in [1.807, 2.05) is 18.2 Å². The molecule has 4 aromatic rings. The molecule has 27 heavy (non-hydrogen) atoms. The molecule has 1 aliphatic carbocycles. The monoisotopic (exact) mass is 396 g/mol. The van der Waals surface area contributed by atoms with Crippen LogP contribution in [0, 0.1) is 0 Å². The number of aromatic amines is 1. The minimum atomic E-state index is 0.0130. The molecule has 1 N–H and O–H groups in total. The van der Waals surface area contributed by atoms with Gasteiger partial charge in [0.2, 0.25) is 0 Å². The highest BCUT2D eigenvalue weighted by molar-refractivity contribution is 7.98. The van der Waals surface area contributed by atoms with Gasteiger partial charge in [0, 0.05) is 11.4 Å². The standard InChI is InChI=1S/C20H20N4OS2/c1-2-24-14-9-5-4-8-13(14)21-20(24)26-11-16-22-18(25)17-12-7-3-6-10-15(12)27-19(17)23-16/h4-5,8-9H,2-3,6-7,10-11H2,1H3,(H,22,23,25). The van der Waals surface area contributed by atoms with Crippen LogP contribution in [0.2, 0.25) is 0 Å². The van der Waals surface area contributed by atoms with Gasteiger partial charge in [-0.25, -0.2) is 9.97 Å². The summed E-state index contributed by atoms with van der Waals surface area (Å²) in [6, 6.07) is 8.18. The van der Waals surface area contributed by atoms with Crippen molar-refractivity contribution in [1.82, 2.24) is 19.5 Å². The van der Waals surface area contributed by atoms with E-state index in [0.717, 1.165) is 51.6 Å². The molecule has 0 atom stereocenters. The summed E-state index contributed by atoms with van der Waals surface area (Å²) in [5.74, 6) is 1.34. The number of para-hydroxylation sites is 2. The van der Waals surface area contributed by atoms with E-state index in [1.54, 1.807) is 23.1 Å². The van der Waals surface area contributed by atoms with E-state index in [0.29, 0.717) is 5.75 Å². The molecule has 3 aromatic heterocycles. The van der Waals surface area contributed by atoms with Crippen molar-refractivity contribution >= 4 is 44.3 Å². The molecule has 0 saturated heterocycles. The molecule has 0 bridgehead atoms. The number of benzene rings is 1. The third-order valence-electron chi connectivity index (χ3n) is 5.15. The zero-order valence-corrected chi connectivity index (χ0v) is 16.8. The van der Waals surface area contributed by atoms with E-state index >= 15 is 0 Å². The lowest BCUT2D eigenvalue weighted by Gasteiger charge is -2.09. The van der Waals surface area contributed by atoms with Crippen LogP contribution in [0.3, 0.4) is 0 Å². The van der Waals surface area contributed by atoms with Gasteiger partial charge >= 0.3 is 0 Å². The van der Waals surface area contributed by atoms with Crippen molar-refractivity contribution in [3.63, 3.8) is 0 Å². The lowest BCUT2D eigenvalue weighted by Crippen LogP contribution is -2.12. The molecular weight excluding hydrogens is 376 g/mol. The summed E-state index contributed by atoms with van der Waals surface area (Å²) in [5, 5.41) is 1.79.